The predicted octanol–water partition coefficient (Wildman–Crippen LogP) is 1.80. The first-order valence-electron chi connectivity index (χ1n) is 6.51. The first-order valence-corrected chi connectivity index (χ1v) is 6.51. The second-order valence-electron chi connectivity index (χ2n) is 6.07. The lowest BCUT2D eigenvalue weighted by Crippen LogP contribution is -2.19. The molecule has 0 spiro atoms. The highest BCUT2D eigenvalue weighted by Gasteiger charge is 2.16. The number of aromatic nitrogens is 2. The number of carbonyl (C=O) groups excluding carboxylic acids is 1. The fraction of sp³-hybridized carbons (Fsp3) is 0.400. The molecule has 20 heavy (non-hydrogen) atoms. The van der Waals surface area contributed by atoms with Gasteiger partial charge in [0.15, 0.2) is 0 Å². The molecule has 1 aromatic carbocycles. The van der Waals surface area contributed by atoms with E-state index in [4.69, 9.17) is 5.73 Å². The Bertz CT molecular complexity index is 711. The Kier molecular flexibility index (Phi) is 3.61. The van der Waals surface area contributed by atoms with Crippen molar-refractivity contribution in [1.82, 2.24) is 10.2 Å². The molecule has 0 saturated carbocycles. The average Bonchev–Trinajstić information content (AvgIpc) is 2.36. The number of primary amides is 1. The topological polar surface area (TPSA) is 88.8 Å². The van der Waals surface area contributed by atoms with Crippen molar-refractivity contribution >= 4 is 16.7 Å². The Morgan fingerprint density at radius 2 is 2.15 bits per heavy atom. The van der Waals surface area contributed by atoms with Gasteiger partial charge in [0.2, 0.25) is 5.91 Å². The van der Waals surface area contributed by atoms with Gasteiger partial charge in [-0.2, -0.15) is 5.10 Å². The largest absolute Gasteiger partial charge is 0.366 e. The number of rotatable bonds is 3. The van der Waals surface area contributed by atoms with Gasteiger partial charge in [-0.25, -0.2) is 5.10 Å². The summed E-state index contributed by atoms with van der Waals surface area (Å²) < 4.78 is 0. The average molecular weight is 272 g/mol. The summed E-state index contributed by atoms with van der Waals surface area (Å²) in [5.41, 5.74) is 5.93. The number of aromatic amines is 1. The van der Waals surface area contributed by atoms with Crippen molar-refractivity contribution in [2.75, 3.05) is 0 Å². The predicted molar refractivity (Wildman–Crippen MR) is 77.5 cm³/mol. The second kappa shape index (κ2) is 5.07. The number of fused-ring (bicyclic) bond motifs is 1. The van der Waals surface area contributed by atoms with Gasteiger partial charge in [-0.05, 0) is 24.3 Å². The number of benzene rings is 1. The summed E-state index contributed by atoms with van der Waals surface area (Å²) in [6.45, 7) is 6.43. The van der Waals surface area contributed by atoms with E-state index in [1.807, 2.05) is 0 Å². The Balaban J connectivity index is 2.59. The Hall–Kier alpha value is -2.17. The van der Waals surface area contributed by atoms with Crippen molar-refractivity contribution in [3.05, 3.63) is 39.8 Å². The van der Waals surface area contributed by atoms with Gasteiger partial charge in [-0.3, -0.25) is 9.59 Å². The smallest absolute Gasteiger partial charge is 0.272 e. The number of nitrogens with one attached hydrogen (secondary N) is 1. The first-order chi connectivity index (χ1) is 9.29. The fourth-order valence-electron chi connectivity index (χ4n) is 2.09. The zero-order chi connectivity index (χ0) is 14.9. The third kappa shape index (κ3) is 2.87. The molecule has 3 N–H and O–H groups in total. The van der Waals surface area contributed by atoms with Crippen molar-refractivity contribution in [1.29, 1.82) is 0 Å². The lowest BCUT2D eigenvalue weighted by Gasteiger charge is -2.17. The summed E-state index contributed by atoms with van der Waals surface area (Å²) in [4.78, 5) is 23.3. The molecule has 0 aliphatic carbocycles. The minimum Gasteiger partial charge on any atom is -0.366 e. The van der Waals surface area contributed by atoms with Crippen LogP contribution in [0.4, 0.5) is 0 Å². The van der Waals surface area contributed by atoms with Crippen LogP contribution in [0.5, 0.6) is 0 Å². The molecular weight excluding hydrogens is 254 g/mol. The molecule has 5 nitrogen and oxygen atoms in total. The van der Waals surface area contributed by atoms with Crippen LogP contribution in [0.3, 0.4) is 0 Å². The molecular formula is C15H18N3O2. The van der Waals surface area contributed by atoms with Gasteiger partial charge in [-0.15, -0.1) is 0 Å². The van der Waals surface area contributed by atoms with Gasteiger partial charge in [0, 0.05) is 5.39 Å². The molecule has 0 aliphatic rings. The van der Waals surface area contributed by atoms with E-state index in [-0.39, 0.29) is 16.4 Å². The van der Waals surface area contributed by atoms with Crippen molar-refractivity contribution in [3.8, 4) is 0 Å². The third-order valence-corrected chi connectivity index (χ3v) is 3.19. The monoisotopic (exact) mass is 272 g/mol. The molecule has 1 amide bonds. The lowest BCUT2D eigenvalue weighted by molar-refractivity contribution is 0.100. The zero-order valence-corrected chi connectivity index (χ0v) is 11.9. The minimum absolute atomic E-state index is 0.114. The highest BCUT2D eigenvalue weighted by molar-refractivity contribution is 6.06. The zero-order valence-electron chi connectivity index (χ0n) is 11.9. The van der Waals surface area contributed by atoms with Crippen LogP contribution in [0.25, 0.3) is 10.8 Å². The van der Waals surface area contributed by atoms with Crippen LogP contribution >= 0.6 is 0 Å². The molecule has 2 rings (SSSR count). The van der Waals surface area contributed by atoms with Crippen LogP contribution in [0.15, 0.2) is 16.9 Å². The van der Waals surface area contributed by atoms with E-state index in [0.717, 1.165) is 18.5 Å². The molecule has 2 aromatic rings. The maximum atomic E-state index is 11.9. The highest BCUT2D eigenvalue weighted by Crippen LogP contribution is 2.24. The molecule has 1 aromatic heterocycles. The van der Waals surface area contributed by atoms with Gasteiger partial charge < -0.3 is 5.73 Å². The van der Waals surface area contributed by atoms with E-state index in [0.29, 0.717) is 5.39 Å². The summed E-state index contributed by atoms with van der Waals surface area (Å²) in [6.07, 6.45) is 1.64. The van der Waals surface area contributed by atoms with Gasteiger partial charge in [0.1, 0.15) is 0 Å². The van der Waals surface area contributed by atoms with Crippen LogP contribution in [0.2, 0.25) is 0 Å². The molecule has 0 bridgehead atoms. The molecule has 105 valence electrons. The molecule has 0 saturated heterocycles. The molecule has 5 heteroatoms. The van der Waals surface area contributed by atoms with Crippen molar-refractivity contribution in [2.24, 2.45) is 11.1 Å². The third-order valence-electron chi connectivity index (χ3n) is 3.19. The van der Waals surface area contributed by atoms with Crippen molar-refractivity contribution < 1.29 is 4.79 Å². The van der Waals surface area contributed by atoms with Gasteiger partial charge in [0.05, 0.1) is 16.6 Å². The van der Waals surface area contributed by atoms with Crippen LogP contribution in [-0.4, -0.2) is 16.1 Å². The summed E-state index contributed by atoms with van der Waals surface area (Å²) in [5.74, 6) is -0.658. The SMILES string of the molecule is CC(C)(C)CCc1n[nH]c(=O)c2c(C(N)=O)[c]ccc12. The summed E-state index contributed by atoms with van der Waals surface area (Å²) in [7, 11) is 0. The van der Waals surface area contributed by atoms with Crippen molar-refractivity contribution in [3.63, 3.8) is 0 Å². The summed E-state index contributed by atoms with van der Waals surface area (Å²) >= 11 is 0. The number of aryl methyl sites for hydroxylation is 1. The summed E-state index contributed by atoms with van der Waals surface area (Å²) in [6, 6.07) is 6.08. The quantitative estimate of drug-likeness (QED) is 0.892. The fourth-order valence-corrected chi connectivity index (χ4v) is 2.09. The van der Waals surface area contributed by atoms with E-state index < -0.39 is 11.5 Å². The van der Waals surface area contributed by atoms with E-state index in [9.17, 15) is 9.59 Å². The first kappa shape index (κ1) is 14.2. The normalized spacial score (nSPS) is 11.8. The number of hydrogen-bond acceptors (Lipinski definition) is 3. The molecule has 0 aliphatic heterocycles. The summed E-state index contributed by atoms with van der Waals surface area (Å²) in [5, 5.41) is 7.50. The Morgan fingerprint density at radius 1 is 1.45 bits per heavy atom. The van der Waals surface area contributed by atoms with Crippen LogP contribution in [0, 0.1) is 11.5 Å². The van der Waals surface area contributed by atoms with E-state index in [1.54, 1.807) is 12.1 Å². The molecule has 1 radical (unpaired) electrons. The standard InChI is InChI=1S/C15H18N3O2/c1-15(2,3)8-7-11-9-5-4-6-10(13(16)19)12(9)14(20)18-17-11/h4-5H,7-8H2,1-3H3,(H2,16,19)(H,18,20). The van der Waals surface area contributed by atoms with E-state index in [2.05, 4.69) is 37.0 Å². The second-order valence-corrected chi connectivity index (χ2v) is 6.07. The van der Waals surface area contributed by atoms with Crippen LogP contribution in [-0.2, 0) is 6.42 Å². The molecule has 0 atom stereocenters. The van der Waals surface area contributed by atoms with Gasteiger partial charge in [0.25, 0.3) is 5.56 Å². The maximum Gasteiger partial charge on any atom is 0.272 e. The number of nitrogens with zero attached hydrogens (tertiary/aromatic N) is 1. The van der Waals surface area contributed by atoms with E-state index >= 15 is 0 Å². The minimum atomic E-state index is -0.658. The molecule has 0 fully saturated rings. The van der Waals surface area contributed by atoms with Crippen molar-refractivity contribution in [2.45, 2.75) is 33.6 Å². The maximum absolute atomic E-state index is 11.9. The van der Waals surface area contributed by atoms with E-state index in [1.165, 1.54) is 0 Å². The van der Waals surface area contributed by atoms with Crippen LogP contribution in [0.1, 0.15) is 43.2 Å². The highest BCUT2D eigenvalue weighted by atomic mass is 16.1. The molecule has 1 heterocycles. The number of amides is 1. The van der Waals surface area contributed by atoms with Gasteiger partial charge >= 0.3 is 0 Å². The number of H-pyrrole nitrogens is 1. The van der Waals surface area contributed by atoms with Gasteiger partial charge in [-0.1, -0.05) is 32.9 Å². The Morgan fingerprint density at radius 3 is 2.75 bits per heavy atom. The number of hydrogen-bond donors (Lipinski definition) is 2. The number of carbonyl (C=O) groups is 1. The van der Waals surface area contributed by atoms with Crippen LogP contribution < -0.4 is 11.3 Å². The molecule has 0 unspecified atom stereocenters. The Labute approximate surface area is 117 Å². The number of nitrogens with two attached hydrogens (primary N) is 1. The lowest BCUT2D eigenvalue weighted by atomic mass is 9.89.